The van der Waals surface area contributed by atoms with Gasteiger partial charge in [-0.2, -0.15) is 5.10 Å². The molecule has 19 heavy (non-hydrogen) atoms. The number of aromatic nitrogens is 2. The lowest BCUT2D eigenvalue weighted by atomic mass is 10.2. The van der Waals surface area contributed by atoms with Crippen molar-refractivity contribution in [3.8, 4) is 0 Å². The Balaban J connectivity index is 2.39. The topological polar surface area (TPSA) is 104 Å². The number of aromatic amines is 1. The molecule has 0 aliphatic carbocycles. The van der Waals surface area contributed by atoms with E-state index in [1.807, 2.05) is 31.1 Å². The summed E-state index contributed by atoms with van der Waals surface area (Å²) in [5.41, 5.74) is 6.77. The number of nitrogen functional groups attached to an aromatic ring is 1. The van der Waals surface area contributed by atoms with E-state index in [4.69, 9.17) is 5.73 Å². The number of nitrogens with one attached hydrogen (secondary N) is 2. The molecule has 0 aliphatic heterocycles. The monoisotopic (exact) mass is 281 g/mol. The number of para-hydroxylation sites is 2. The van der Waals surface area contributed by atoms with Crippen LogP contribution in [0.15, 0.2) is 35.4 Å². The third-order valence-corrected chi connectivity index (χ3v) is 3.94. The van der Waals surface area contributed by atoms with Crippen molar-refractivity contribution in [3.05, 3.63) is 30.5 Å². The maximum Gasteiger partial charge on any atom is 0.267 e. The fourth-order valence-corrected chi connectivity index (χ4v) is 2.75. The van der Waals surface area contributed by atoms with Crippen LogP contribution in [-0.4, -0.2) is 32.7 Å². The summed E-state index contributed by atoms with van der Waals surface area (Å²) in [7, 11) is -0.0867. The minimum absolute atomic E-state index is 0.00911. The van der Waals surface area contributed by atoms with Gasteiger partial charge in [-0.1, -0.05) is 12.1 Å². The summed E-state index contributed by atoms with van der Waals surface area (Å²) < 4.78 is 26.9. The number of sulfonamides is 1. The molecule has 0 radical (unpaired) electrons. The highest BCUT2D eigenvalue weighted by molar-refractivity contribution is 7.92. The number of nitrogens with two attached hydrogens (primary N) is 1. The Hall–Kier alpha value is -2.22. The zero-order valence-corrected chi connectivity index (χ0v) is 11.4. The van der Waals surface area contributed by atoms with Gasteiger partial charge in [0.05, 0.1) is 17.6 Å². The normalized spacial score (nSPS) is 11.3. The number of nitrogens with zero attached hydrogens (tertiary/aromatic N) is 2. The average molecular weight is 281 g/mol. The van der Waals surface area contributed by atoms with Crippen LogP contribution in [0.3, 0.4) is 0 Å². The molecule has 0 fully saturated rings. The van der Waals surface area contributed by atoms with Gasteiger partial charge in [-0.15, -0.1) is 0 Å². The predicted octanol–water partition coefficient (Wildman–Crippen LogP) is 0.859. The molecule has 0 amide bonds. The van der Waals surface area contributed by atoms with Gasteiger partial charge in [0.15, 0.2) is 0 Å². The Morgan fingerprint density at radius 3 is 2.58 bits per heavy atom. The Bertz CT molecular complexity index is 678. The number of rotatable bonds is 4. The van der Waals surface area contributed by atoms with E-state index in [1.54, 1.807) is 12.1 Å². The lowest BCUT2D eigenvalue weighted by molar-refractivity contribution is 0.601. The van der Waals surface area contributed by atoms with E-state index in [9.17, 15) is 8.42 Å². The van der Waals surface area contributed by atoms with Crippen molar-refractivity contribution < 1.29 is 8.42 Å². The number of anilines is 3. The van der Waals surface area contributed by atoms with Crippen molar-refractivity contribution in [2.75, 3.05) is 29.5 Å². The van der Waals surface area contributed by atoms with E-state index in [1.165, 1.54) is 6.20 Å². The van der Waals surface area contributed by atoms with Crippen LogP contribution >= 0.6 is 0 Å². The second-order valence-corrected chi connectivity index (χ2v) is 5.82. The molecule has 2 aromatic rings. The van der Waals surface area contributed by atoms with Crippen LogP contribution in [0.25, 0.3) is 0 Å². The van der Waals surface area contributed by atoms with Crippen molar-refractivity contribution >= 4 is 27.2 Å². The number of hydrogen-bond acceptors (Lipinski definition) is 5. The van der Waals surface area contributed by atoms with Gasteiger partial charge >= 0.3 is 0 Å². The van der Waals surface area contributed by atoms with Crippen LogP contribution < -0.4 is 15.4 Å². The third-order valence-electron chi connectivity index (χ3n) is 2.55. The molecule has 1 aromatic carbocycles. The maximum atomic E-state index is 12.2. The number of hydrogen-bond donors (Lipinski definition) is 3. The fraction of sp³-hybridized carbons (Fsp3) is 0.182. The summed E-state index contributed by atoms with van der Waals surface area (Å²) in [4.78, 5) is 1.75. The summed E-state index contributed by atoms with van der Waals surface area (Å²) >= 11 is 0. The van der Waals surface area contributed by atoms with Gasteiger partial charge in [0, 0.05) is 14.1 Å². The summed E-state index contributed by atoms with van der Waals surface area (Å²) in [6.45, 7) is 0. The molecule has 1 aromatic heterocycles. The standard InChI is InChI=1S/C11H15N5O2S/c1-16(2)9-6-4-3-5-8(9)15-19(17,18)10-7-13-14-11(10)12/h3-7,15H,1-2H3,(H3,12,13,14). The van der Waals surface area contributed by atoms with Crippen LogP contribution in [0.1, 0.15) is 0 Å². The highest BCUT2D eigenvalue weighted by Crippen LogP contribution is 2.27. The summed E-state index contributed by atoms with van der Waals surface area (Å²) in [6.07, 6.45) is 1.18. The molecule has 0 aliphatic rings. The molecule has 7 nitrogen and oxygen atoms in total. The second-order valence-electron chi connectivity index (χ2n) is 4.17. The molecule has 0 saturated heterocycles. The molecule has 2 rings (SSSR count). The third kappa shape index (κ3) is 2.63. The van der Waals surface area contributed by atoms with Gasteiger partial charge in [0.25, 0.3) is 10.0 Å². The second kappa shape index (κ2) is 4.81. The van der Waals surface area contributed by atoms with Crippen LogP contribution in [0, 0.1) is 0 Å². The molecule has 8 heteroatoms. The lowest BCUT2D eigenvalue weighted by Gasteiger charge is -2.18. The Morgan fingerprint density at radius 2 is 2.00 bits per heavy atom. The van der Waals surface area contributed by atoms with Gasteiger partial charge in [-0.05, 0) is 12.1 Å². The van der Waals surface area contributed by atoms with Crippen LogP contribution in [0.5, 0.6) is 0 Å². The zero-order chi connectivity index (χ0) is 14.0. The van der Waals surface area contributed by atoms with Crippen LogP contribution in [0.2, 0.25) is 0 Å². The quantitative estimate of drug-likeness (QED) is 0.771. The maximum absolute atomic E-state index is 12.2. The molecule has 102 valence electrons. The number of benzene rings is 1. The van der Waals surface area contributed by atoms with Gasteiger partial charge in [0.1, 0.15) is 10.7 Å². The van der Waals surface area contributed by atoms with E-state index in [0.717, 1.165) is 5.69 Å². The van der Waals surface area contributed by atoms with Gasteiger partial charge in [0.2, 0.25) is 0 Å². The van der Waals surface area contributed by atoms with Gasteiger partial charge < -0.3 is 10.6 Å². The first-order chi connectivity index (χ1) is 8.92. The van der Waals surface area contributed by atoms with Crippen LogP contribution in [0.4, 0.5) is 17.2 Å². The van der Waals surface area contributed by atoms with E-state index < -0.39 is 10.0 Å². The molecular weight excluding hydrogens is 266 g/mol. The van der Waals surface area contributed by atoms with E-state index >= 15 is 0 Å². The molecule has 0 bridgehead atoms. The van der Waals surface area contributed by atoms with Gasteiger partial charge in [-0.25, -0.2) is 8.42 Å². The molecule has 1 heterocycles. The van der Waals surface area contributed by atoms with Gasteiger partial charge in [-0.3, -0.25) is 9.82 Å². The Morgan fingerprint density at radius 1 is 1.32 bits per heavy atom. The van der Waals surface area contributed by atoms with Crippen molar-refractivity contribution in [2.45, 2.75) is 4.90 Å². The highest BCUT2D eigenvalue weighted by Gasteiger charge is 2.20. The van der Waals surface area contributed by atoms with Crippen molar-refractivity contribution in [1.82, 2.24) is 10.2 Å². The van der Waals surface area contributed by atoms with Crippen LogP contribution in [-0.2, 0) is 10.0 Å². The van der Waals surface area contributed by atoms with Crippen molar-refractivity contribution in [1.29, 1.82) is 0 Å². The van der Waals surface area contributed by atoms with Crippen molar-refractivity contribution in [2.24, 2.45) is 0 Å². The minimum atomic E-state index is -3.75. The van der Waals surface area contributed by atoms with E-state index in [2.05, 4.69) is 14.9 Å². The van der Waals surface area contributed by atoms with E-state index in [0.29, 0.717) is 5.69 Å². The first-order valence-corrected chi connectivity index (χ1v) is 6.98. The highest BCUT2D eigenvalue weighted by atomic mass is 32.2. The molecule has 0 spiro atoms. The summed E-state index contributed by atoms with van der Waals surface area (Å²) in [5.74, 6) is 0.00911. The first-order valence-electron chi connectivity index (χ1n) is 5.50. The fourth-order valence-electron chi connectivity index (χ4n) is 1.65. The zero-order valence-electron chi connectivity index (χ0n) is 10.6. The Kier molecular flexibility index (Phi) is 3.34. The molecule has 0 unspecified atom stereocenters. The van der Waals surface area contributed by atoms with E-state index in [-0.39, 0.29) is 10.7 Å². The summed E-state index contributed by atoms with van der Waals surface area (Å²) in [5, 5.41) is 6.00. The van der Waals surface area contributed by atoms with Crippen molar-refractivity contribution in [3.63, 3.8) is 0 Å². The lowest BCUT2D eigenvalue weighted by Crippen LogP contribution is -2.17. The molecule has 0 saturated carbocycles. The SMILES string of the molecule is CN(C)c1ccccc1NS(=O)(=O)c1cn[nH]c1N. The summed E-state index contributed by atoms with van der Waals surface area (Å²) in [6, 6.07) is 7.09. The largest absolute Gasteiger partial charge is 0.383 e. The molecular formula is C11H15N5O2S. The smallest absolute Gasteiger partial charge is 0.267 e. The predicted molar refractivity (Wildman–Crippen MR) is 74.6 cm³/mol. The first kappa shape index (κ1) is 13.2. The molecule has 0 atom stereocenters. The molecule has 4 N–H and O–H groups in total. The Labute approximate surface area is 111 Å². The minimum Gasteiger partial charge on any atom is -0.383 e. The average Bonchev–Trinajstić information content (AvgIpc) is 2.76. The number of H-pyrrole nitrogens is 1.